The molecule has 0 fully saturated rings. The van der Waals surface area contributed by atoms with E-state index >= 15 is 0 Å². The van der Waals surface area contributed by atoms with Crippen molar-refractivity contribution >= 4 is 16.7 Å². The van der Waals surface area contributed by atoms with Crippen LogP contribution >= 0.6 is 0 Å². The van der Waals surface area contributed by atoms with Gasteiger partial charge < -0.3 is 4.90 Å². The number of amides is 1. The molecule has 1 heterocycles. The zero-order valence-corrected chi connectivity index (χ0v) is 13.9. The maximum absolute atomic E-state index is 13.0. The van der Waals surface area contributed by atoms with E-state index in [-0.39, 0.29) is 16.8 Å². The van der Waals surface area contributed by atoms with E-state index in [2.05, 4.69) is 5.10 Å². The van der Waals surface area contributed by atoms with E-state index in [9.17, 15) is 22.8 Å². The Hall–Kier alpha value is -3.16. The molecule has 0 aliphatic rings. The van der Waals surface area contributed by atoms with Gasteiger partial charge in [-0.15, -0.1) is 0 Å². The summed E-state index contributed by atoms with van der Waals surface area (Å²) in [6.07, 6.45) is -4.56. The fourth-order valence-corrected chi connectivity index (χ4v) is 2.55. The van der Waals surface area contributed by atoms with Crippen LogP contribution < -0.4 is 5.56 Å². The van der Waals surface area contributed by atoms with E-state index in [0.29, 0.717) is 5.39 Å². The fourth-order valence-electron chi connectivity index (χ4n) is 2.55. The van der Waals surface area contributed by atoms with Crippen molar-refractivity contribution in [1.29, 1.82) is 0 Å². The Labute approximate surface area is 146 Å². The average molecular weight is 361 g/mol. The van der Waals surface area contributed by atoms with Crippen molar-refractivity contribution in [3.05, 3.63) is 70.1 Å². The Bertz CT molecular complexity index is 1060. The van der Waals surface area contributed by atoms with E-state index < -0.39 is 23.2 Å². The van der Waals surface area contributed by atoms with Gasteiger partial charge >= 0.3 is 6.18 Å². The van der Waals surface area contributed by atoms with Gasteiger partial charge in [-0.2, -0.15) is 23.0 Å². The number of benzene rings is 2. The molecule has 1 amide bonds. The van der Waals surface area contributed by atoms with Gasteiger partial charge in [0.15, 0.2) is 5.69 Å². The Morgan fingerprint density at radius 1 is 1.04 bits per heavy atom. The largest absolute Gasteiger partial charge is 0.416 e. The standard InChI is InChI=1S/C18H14F3N3O2/c1-23(2)17(26)15-13-8-3-4-9-14(13)16(25)24(22-15)12-7-5-6-11(10-12)18(19,20)21/h3-10H,1-2H3. The van der Waals surface area contributed by atoms with Crippen molar-refractivity contribution < 1.29 is 18.0 Å². The summed E-state index contributed by atoms with van der Waals surface area (Å²) in [4.78, 5) is 26.5. The van der Waals surface area contributed by atoms with Crippen LogP contribution in [0.25, 0.3) is 16.5 Å². The van der Waals surface area contributed by atoms with Crippen LogP contribution in [-0.4, -0.2) is 34.7 Å². The van der Waals surface area contributed by atoms with Crippen LogP contribution in [0.5, 0.6) is 0 Å². The topological polar surface area (TPSA) is 55.2 Å². The molecule has 5 nitrogen and oxygen atoms in total. The van der Waals surface area contributed by atoms with E-state index in [1.54, 1.807) is 18.2 Å². The first-order chi connectivity index (χ1) is 12.2. The first-order valence-corrected chi connectivity index (χ1v) is 7.61. The Balaban J connectivity index is 2.33. The predicted octanol–water partition coefficient (Wildman–Crippen LogP) is 3.11. The van der Waals surface area contributed by atoms with Gasteiger partial charge in [-0.3, -0.25) is 9.59 Å². The molecule has 0 bridgehead atoms. The van der Waals surface area contributed by atoms with E-state index in [0.717, 1.165) is 16.8 Å². The second-order valence-corrected chi connectivity index (χ2v) is 5.86. The molecule has 134 valence electrons. The smallest absolute Gasteiger partial charge is 0.343 e. The third-order valence-corrected chi connectivity index (χ3v) is 3.83. The third kappa shape index (κ3) is 3.05. The van der Waals surface area contributed by atoms with Gasteiger partial charge in [-0.1, -0.05) is 24.3 Å². The number of carbonyl (C=O) groups excluding carboxylic acids is 1. The highest BCUT2D eigenvalue weighted by Gasteiger charge is 2.31. The minimum absolute atomic E-state index is 0.0115. The summed E-state index contributed by atoms with van der Waals surface area (Å²) in [6, 6.07) is 10.6. The molecule has 0 aliphatic carbocycles. The maximum atomic E-state index is 13.0. The number of alkyl halides is 3. The molecular formula is C18H14F3N3O2. The van der Waals surface area contributed by atoms with Crippen molar-refractivity contribution in [3.8, 4) is 5.69 Å². The highest BCUT2D eigenvalue weighted by molar-refractivity contribution is 6.04. The molecule has 0 N–H and O–H groups in total. The molecule has 0 unspecified atom stereocenters. The molecule has 26 heavy (non-hydrogen) atoms. The summed E-state index contributed by atoms with van der Waals surface area (Å²) in [7, 11) is 3.05. The van der Waals surface area contributed by atoms with Crippen LogP contribution in [-0.2, 0) is 6.18 Å². The molecule has 2 aromatic carbocycles. The van der Waals surface area contributed by atoms with E-state index in [1.807, 2.05) is 0 Å². The van der Waals surface area contributed by atoms with Crippen LogP contribution in [0.3, 0.4) is 0 Å². The lowest BCUT2D eigenvalue weighted by molar-refractivity contribution is -0.137. The molecule has 0 spiro atoms. The van der Waals surface area contributed by atoms with Crippen LogP contribution in [0.1, 0.15) is 16.1 Å². The minimum atomic E-state index is -4.56. The normalized spacial score (nSPS) is 11.6. The number of fused-ring (bicyclic) bond motifs is 1. The first-order valence-electron chi connectivity index (χ1n) is 7.61. The SMILES string of the molecule is CN(C)C(=O)c1nn(-c2cccc(C(F)(F)F)c2)c(=O)c2ccccc12. The lowest BCUT2D eigenvalue weighted by Gasteiger charge is -2.15. The zero-order chi connectivity index (χ0) is 19.1. The van der Waals surface area contributed by atoms with Crippen molar-refractivity contribution in [2.75, 3.05) is 14.1 Å². The number of rotatable bonds is 2. The monoisotopic (exact) mass is 361 g/mol. The predicted molar refractivity (Wildman–Crippen MR) is 90.4 cm³/mol. The van der Waals surface area contributed by atoms with Crippen LogP contribution in [0.2, 0.25) is 0 Å². The maximum Gasteiger partial charge on any atom is 0.416 e. The number of aromatic nitrogens is 2. The van der Waals surface area contributed by atoms with Gasteiger partial charge in [-0.25, -0.2) is 0 Å². The molecule has 0 saturated heterocycles. The van der Waals surface area contributed by atoms with Crippen LogP contribution in [0.15, 0.2) is 53.3 Å². The second kappa shape index (κ2) is 6.29. The first kappa shape index (κ1) is 17.7. The number of carbonyl (C=O) groups is 1. The quantitative estimate of drug-likeness (QED) is 0.705. The summed E-state index contributed by atoms with van der Waals surface area (Å²) in [5.74, 6) is -0.457. The molecule has 3 aromatic rings. The molecule has 0 radical (unpaired) electrons. The number of hydrogen-bond acceptors (Lipinski definition) is 3. The highest BCUT2D eigenvalue weighted by Crippen LogP contribution is 2.30. The Morgan fingerprint density at radius 3 is 2.31 bits per heavy atom. The summed E-state index contributed by atoms with van der Waals surface area (Å²) >= 11 is 0. The van der Waals surface area contributed by atoms with Crippen molar-refractivity contribution in [1.82, 2.24) is 14.7 Å². The summed E-state index contributed by atoms with van der Waals surface area (Å²) in [5, 5.41) is 4.61. The van der Waals surface area contributed by atoms with Crippen molar-refractivity contribution in [2.45, 2.75) is 6.18 Å². The van der Waals surface area contributed by atoms with E-state index in [1.165, 1.54) is 37.2 Å². The number of halogens is 3. The average Bonchev–Trinajstić information content (AvgIpc) is 2.61. The Kier molecular flexibility index (Phi) is 4.27. The lowest BCUT2D eigenvalue weighted by atomic mass is 10.1. The van der Waals surface area contributed by atoms with Gasteiger partial charge in [-0.05, 0) is 24.3 Å². The van der Waals surface area contributed by atoms with Gasteiger partial charge in [0.2, 0.25) is 0 Å². The van der Waals surface area contributed by atoms with Gasteiger partial charge in [0.1, 0.15) is 0 Å². The Morgan fingerprint density at radius 2 is 1.69 bits per heavy atom. The molecule has 0 saturated carbocycles. The summed E-state index contributed by atoms with van der Waals surface area (Å²) < 4.78 is 39.8. The lowest BCUT2D eigenvalue weighted by Crippen LogP contribution is -2.29. The molecule has 3 rings (SSSR count). The number of nitrogens with zero attached hydrogens (tertiary/aromatic N) is 3. The zero-order valence-electron chi connectivity index (χ0n) is 13.9. The second-order valence-electron chi connectivity index (χ2n) is 5.86. The van der Waals surface area contributed by atoms with Crippen LogP contribution in [0, 0.1) is 0 Å². The van der Waals surface area contributed by atoms with Crippen molar-refractivity contribution in [3.63, 3.8) is 0 Å². The molecule has 8 heteroatoms. The van der Waals surface area contributed by atoms with E-state index in [4.69, 9.17) is 0 Å². The van der Waals surface area contributed by atoms with Gasteiger partial charge in [0, 0.05) is 19.5 Å². The van der Waals surface area contributed by atoms with Crippen molar-refractivity contribution in [2.24, 2.45) is 0 Å². The molecule has 0 aliphatic heterocycles. The molecular weight excluding hydrogens is 347 g/mol. The van der Waals surface area contributed by atoms with Gasteiger partial charge in [0.25, 0.3) is 11.5 Å². The molecule has 0 atom stereocenters. The third-order valence-electron chi connectivity index (χ3n) is 3.83. The summed E-state index contributed by atoms with van der Waals surface area (Å²) in [5.41, 5.74) is -1.58. The minimum Gasteiger partial charge on any atom is -0.343 e. The van der Waals surface area contributed by atoms with Gasteiger partial charge in [0.05, 0.1) is 16.6 Å². The highest BCUT2D eigenvalue weighted by atomic mass is 19.4. The number of hydrogen-bond donors (Lipinski definition) is 0. The molecule has 1 aromatic heterocycles. The van der Waals surface area contributed by atoms with Crippen LogP contribution in [0.4, 0.5) is 13.2 Å². The fraction of sp³-hybridized carbons (Fsp3) is 0.167. The summed E-state index contributed by atoms with van der Waals surface area (Å²) in [6.45, 7) is 0.